The monoisotopic (exact) mass is 395 g/mol. The average Bonchev–Trinajstić information content (AvgIpc) is 2.70. The van der Waals surface area contributed by atoms with E-state index in [1.807, 2.05) is 0 Å². The van der Waals surface area contributed by atoms with E-state index in [4.69, 9.17) is 18.9 Å². The van der Waals surface area contributed by atoms with Crippen LogP contribution < -0.4 is 18.9 Å². The highest BCUT2D eigenvalue weighted by Gasteiger charge is 2.20. The largest absolute Gasteiger partial charge is 0.497 e. The number of sulfonamides is 1. The van der Waals surface area contributed by atoms with Crippen LogP contribution in [0.3, 0.4) is 0 Å². The topological polar surface area (TPSA) is 100 Å². The standard InChI is InChI=1S/C18H21NO7S/c1-19-27(21,22)17-12-13(4-9-16(17)24-3)18(20)26-11-10-25-15-7-5-14(23-2)6-8-15/h4-9,12,19H,10-11H2,1-3H3. The van der Waals surface area contributed by atoms with E-state index in [0.29, 0.717) is 11.5 Å². The Kier molecular flexibility index (Phi) is 7.03. The Morgan fingerprint density at radius 2 is 1.63 bits per heavy atom. The van der Waals surface area contributed by atoms with E-state index in [1.165, 1.54) is 32.4 Å². The molecule has 0 saturated heterocycles. The molecule has 1 N–H and O–H groups in total. The van der Waals surface area contributed by atoms with Crippen molar-refractivity contribution in [1.29, 1.82) is 0 Å². The second-order valence-corrected chi connectivity index (χ2v) is 7.09. The molecular weight excluding hydrogens is 374 g/mol. The molecule has 0 aliphatic carbocycles. The van der Waals surface area contributed by atoms with Crippen molar-refractivity contribution in [3.63, 3.8) is 0 Å². The molecule has 9 heteroatoms. The Balaban J connectivity index is 1.96. The smallest absolute Gasteiger partial charge is 0.338 e. The van der Waals surface area contributed by atoms with Crippen molar-refractivity contribution < 1.29 is 32.2 Å². The van der Waals surface area contributed by atoms with Gasteiger partial charge in [0.1, 0.15) is 35.4 Å². The number of benzene rings is 2. The fraction of sp³-hybridized carbons (Fsp3) is 0.278. The van der Waals surface area contributed by atoms with E-state index in [9.17, 15) is 13.2 Å². The summed E-state index contributed by atoms with van der Waals surface area (Å²) in [5, 5.41) is 0. The number of carbonyl (C=O) groups excluding carboxylic acids is 1. The van der Waals surface area contributed by atoms with Crippen LogP contribution in [0.2, 0.25) is 0 Å². The Hall–Kier alpha value is -2.78. The fourth-order valence-corrected chi connectivity index (χ4v) is 3.09. The molecule has 0 aromatic heterocycles. The number of carbonyl (C=O) groups is 1. The molecule has 0 fully saturated rings. The van der Waals surface area contributed by atoms with Gasteiger partial charge < -0.3 is 18.9 Å². The number of hydrogen-bond donors (Lipinski definition) is 1. The van der Waals surface area contributed by atoms with Gasteiger partial charge in [0, 0.05) is 0 Å². The molecule has 0 unspecified atom stereocenters. The zero-order chi connectivity index (χ0) is 19.9. The van der Waals surface area contributed by atoms with Crippen LogP contribution in [0.15, 0.2) is 47.4 Å². The van der Waals surface area contributed by atoms with Crippen LogP contribution in [0.1, 0.15) is 10.4 Å². The Morgan fingerprint density at radius 3 is 2.22 bits per heavy atom. The first-order valence-electron chi connectivity index (χ1n) is 7.97. The molecule has 0 amide bonds. The van der Waals surface area contributed by atoms with E-state index in [-0.39, 0.29) is 29.4 Å². The van der Waals surface area contributed by atoms with E-state index in [1.54, 1.807) is 31.4 Å². The van der Waals surface area contributed by atoms with Gasteiger partial charge in [0.2, 0.25) is 10.0 Å². The van der Waals surface area contributed by atoms with Crippen molar-refractivity contribution in [2.45, 2.75) is 4.90 Å². The van der Waals surface area contributed by atoms with Gasteiger partial charge in [-0.25, -0.2) is 17.9 Å². The van der Waals surface area contributed by atoms with Crippen molar-refractivity contribution in [2.75, 3.05) is 34.5 Å². The summed E-state index contributed by atoms with van der Waals surface area (Å²) in [6.07, 6.45) is 0. The molecule has 8 nitrogen and oxygen atoms in total. The van der Waals surface area contributed by atoms with Crippen molar-refractivity contribution >= 4 is 16.0 Å². The highest BCUT2D eigenvalue weighted by Crippen LogP contribution is 2.25. The molecule has 0 aliphatic heterocycles. The van der Waals surface area contributed by atoms with Gasteiger partial charge in [-0.1, -0.05) is 0 Å². The summed E-state index contributed by atoms with van der Waals surface area (Å²) in [4.78, 5) is 12.0. The Labute approximate surface area is 158 Å². The quantitative estimate of drug-likeness (QED) is 0.511. The van der Waals surface area contributed by atoms with Crippen LogP contribution in [0, 0.1) is 0 Å². The Bertz CT molecular complexity index is 879. The van der Waals surface area contributed by atoms with Gasteiger partial charge in [-0.2, -0.15) is 0 Å². The zero-order valence-electron chi connectivity index (χ0n) is 15.2. The third kappa shape index (κ3) is 5.35. The van der Waals surface area contributed by atoms with Crippen LogP contribution in [0.4, 0.5) is 0 Å². The molecule has 146 valence electrons. The molecule has 0 heterocycles. The first-order chi connectivity index (χ1) is 12.9. The molecular formula is C18H21NO7S. The molecule has 0 bridgehead atoms. The number of ether oxygens (including phenoxy) is 4. The van der Waals surface area contributed by atoms with Crippen LogP contribution in [-0.4, -0.2) is 48.9 Å². The zero-order valence-corrected chi connectivity index (χ0v) is 16.0. The van der Waals surface area contributed by atoms with Crippen molar-refractivity contribution in [2.24, 2.45) is 0 Å². The van der Waals surface area contributed by atoms with E-state index >= 15 is 0 Å². The SMILES string of the molecule is CNS(=O)(=O)c1cc(C(=O)OCCOc2ccc(OC)cc2)ccc1OC. The summed E-state index contributed by atoms with van der Waals surface area (Å²) in [5.74, 6) is 0.784. The molecule has 2 rings (SSSR count). The van der Waals surface area contributed by atoms with E-state index < -0.39 is 16.0 Å². The molecule has 2 aromatic carbocycles. The average molecular weight is 395 g/mol. The number of rotatable bonds is 9. The molecule has 0 radical (unpaired) electrons. The summed E-state index contributed by atoms with van der Waals surface area (Å²) in [6, 6.07) is 11.0. The molecule has 0 spiro atoms. The molecule has 2 aromatic rings. The second kappa shape index (κ2) is 9.24. The maximum Gasteiger partial charge on any atom is 0.338 e. The molecule has 0 atom stereocenters. The minimum Gasteiger partial charge on any atom is -0.497 e. The predicted molar refractivity (Wildman–Crippen MR) is 98.0 cm³/mol. The lowest BCUT2D eigenvalue weighted by Gasteiger charge is -2.11. The lowest BCUT2D eigenvalue weighted by atomic mass is 10.2. The van der Waals surface area contributed by atoms with Crippen LogP contribution in [0.5, 0.6) is 17.2 Å². The first-order valence-corrected chi connectivity index (χ1v) is 9.45. The van der Waals surface area contributed by atoms with E-state index in [0.717, 1.165) is 0 Å². The van der Waals surface area contributed by atoms with Crippen LogP contribution in [0.25, 0.3) is 0 Å². The van der Waals surface area contributed by atoms with Gasteiger partial charge in [0.25, 0.3) is 0 Å². The minimum atomic E-state index is -3.78. The number of hydrogen-bond acceptors (Lipinski definition) is 7. The molecule has 0 saturated carbocycles. The maximum atomic E-state index is 12.2. The second-order valence-electron chi connectivity index (χ2n) is 5.23. The van der Waals surface area contributed by atoms with Crippen molar-refractivity contribution in [3.05, 3.63) is 48.0 Å². The minimum absolute atomic E-state index is 0.00496. The summed E-state index contributed by atoms with van der Waals surface area (Å²) in [5.41, 5.74) is 0.0917. The summed E-state index contributed by atoms with van der Waals surface area (Å²) < 4.78 is 47.0. The summed E-state index contributed by atoms with van der Waals surface area (Å²) in [6.45, 7) is 0.154. The van der Waals surface area contributed by atoms with Gasteiger partial charge in [-0.3, -0.25) is 0 Å². The normalized spacial score (nSPS) is 10.9. The lowest BCUT2D eigenvalue weighted by molar-refractivity contribution is 0.0450. The first kappa shape index (κ1) is 20.5. The highest BCUT2D eigenvalue weighted by atomic mass is 32.2. The van der Waals surface area contributed by atoms with Crippen LogP contribution in [-0.2, 0) is 14.8 Å². The number of methoxy groups -OCH3 is 2. The number of esters is 1. The van der Waals surface area contributed by atoms with Crippen LogP contribution >= 0.6 is 0 Å². The Morgan fingerprint density at radius 1 is 0.963 bits per heavy atom. The lowest BCUT2D eigenvalue weighted by Crippen LogP contribution is -2.20. The van der Waals surface area contributed by atoms with Gasteiger partial charge in [0.15, 0.2) is 0 Å². The van der Waals surface area contributed by atoms with Gasteiger partial charge in [-0.15, -0.1) is 0 Å². The van der Waals surface area contributed by atoms with Crippen molar-refractivity contribution in [3.8, 4) is 17.2 Å². The van der Waals surface area contributed by atoms with Crippen molar-refractivity contribution in [1.82, 2.24) is 4.72 Å². The summed E-state index contributed by atoms with van der Waals surface area (Å²) >= 11 is 0. The van der Waals surface area contributed by atoms with Gasteiger partial charge in [-0.05, 0) is 49.5 Å². The third-order valence-electron chi connectivity index (χ3n) is 3.60. The maximum absolute atomic E-state index is 12.2. The fourth-order valence-electron chi connectivity index (χ4n) is 2.17. The van der Waals surface area contributed by atoms with Gasteiger partial charge in [0.05, 0.1) is 19.8 Å². The third-order valence-corrected chi connectivity index (χ3v) is 5.04. The van der Waals surface area contributed by atoms with Gasteiger partial charge >= 0.3 is 5.97 Å². The van der Waals surface area contributed by atoms with E-state index in [2.05, 4.69) is 4.72 Å². The highest BCUT2D eigenvalue weighted by molar-refractivity contribution is 7.89. The predicted octanol–water partition coefficient (Wildman–Crippen LogP) is 1.85. The number of nitrogens with one attached hydrogen (secondary N) is 1. The molecule has 0 aliphatic rings. The summed E-state index contributed by atoms with van der Waals surface area (Å²) in [7, 11) is 0.409. The molecule has 27 heavy (non-hydrogen) atoms.